The lowest BCUT2D eigenvalue weighted by Crippen LogP contribution is -2.42. The maximum absolute atomic E-state index is 11.6. The summed E-state index contributed by atoms with van der Waals surface area (Å²) >= 11 is 0. The van der Waals surface area contributed by atoms with Gasteiger partial charge in [-0.25, -0.2) is 4.79 Å². The zero-order valence-corrected chi connectivity index (χ0v) is 11.3. The first-order valence-corrected chi connectivity index (χ1v) is 6.38. The van der Waals surface area contributed by atoms with E-state index >= 15 is 0 Å². The van der Waals surface area contributed by atoms with Crippen LogP contribution in [-0.4, -0.2) is 29.6 Å². The van der Waals surface area contributed by atoms with E-state index < -0.39 is 5.97 Å². The summed E-state index contributed by atoms with van der Waals surface area (Å²) in [5.41, 5.74) is 1.21. The van der Waals surface area contributed by atoms with Crippen molar-refractivity contribution in [3.05, 3.63) is 35.4 Å². The number of hydrogen-bond acceptors (Lipinski definition) is 3. The van der Waals surface area contributed by atoms with E-state index in [0.717, 1.165) is 12.0 Å². The van der Waals surface area contributed by atoms with E-state index in [9.17, 15) is 9.59 Å². The third kappa shape index (κ3) is 5.09. The van der Waals surface area contributed by atoms with Crippen LogP contribution in [0.2, 0.25) is 0 Å². The van der Waals surface area contributed by atoms with Crippen molar-refractivity contribution in [2.24, 2.45) is 0 Å². The Morgan fingerprint density at radius 1 is 1.26 bits per heavy atom. The second-order valence-electron chi connectivity index (χ2n) is 4.40. The van der Waals surface area contributed by atoms with Crippen LogP contribution in [0.25, 0.3) is 0 Å². The molecule has 1 atom stereocenters. The summed E-state index contributed by atoms with van der Waals surface area (Å²) in [6, 6.07) is 6.33. The number of carbonyl (C=O) groups excluding carboxylic acids is 1. The molecular formula is C14H20N2O3. The Hall–Kier alpha value is -1.88. The molecular weight excluding hydrogens is 244 g/mol. The monoisotopic (exact) mass is 264 g/mol. The molecule has 0 radical (unpaired) electrons. The average molecular weight is 264 g/mol. The molecule has 0 heterocycles. The normalized spacial score (nSPS) is 11.9. The number of carbonyl (C=O) groups is 2. The molecule has 5 nitrogen and oxygen atoms in total. The van der Waals surface area contributed by atoms with Crippen molar-refractivity contribution in [2.45, 2.75) is 32.9 Å². The smallest absolute Gasteiger partial charge is 0.335 e. The second kappa shape index (κ2) is 7.53. The van der Waals surface area contributed by atoms with Crippen LogP contribution in [-0.2, 0) is 11.3 Å². The Kier molecular flexibility index (Phi) is 6.02. The molecule has 0 aromatic heterocycles. The van der Waals surface area contributed by atoms with Gasteiger partial charge in [0.2, 0.25) is 5.91 Å². The van der Waals surface area contributed by atoms with Gasteiger partial charge in [0.15, 0.2) is 0 Å². The molecule has 1 amide bonds. The molecule has 1 rings (SSSR count). The summed E-state index contributed by atoms with van der Waals surface area (Å²) < 4.78 is 0. The van der Waals surface area contributed by atoms with Crippen LogP contribution < -0.4 is 10.6 Å². The summed E-state index contributed by atoms with van der Waals surface area (Å²) in [6.07, 6.45) is 0.912. The van der Waals surface area contributed by atoms with E-state index in [-0.39, 0.29) is 17.5 Å². The molecule has 0 saturated heterocycles. The van der Waals surface area contributed by atoms with Crippen LogP contribution in [0, 0.1) is 0 Å². The van der Waals surface area contributed by atoms with E-state index in [2.05, 4.69) is 10.6 Å². The fraction of sp³-hybridized carbons (Fsp3) is 0.429. The van der Waals surface area contributed by atoms with Crippen molar-refractivity contribution in [1.29, 1.82) is 0 Å². The summed E-state index contributed by atoms with van der Waals surface area (Å²) in [5.74, 6) is -0.962. The number of amides is 1. The molecule has 1 unspecified atom stereocenters. The predicted octanol–water partition coefficient (Wildman–Crippen LogP) is 1.39. The highest BCUT2D eigenvalue weighted by atomic mass is 16.4. The first kappa shape index (κ1) is 15.2. The molecule has 0 saturated carbocycles. The minimum Gasteiger partial charge on any atom is -0.478 e. The van der Waals surface area contributed by atoms with Crippen LogP contribution in [0.1, 0.15) is 36.2 Å². The zero-order valence-electron chi connectivity index (χ0n) is 11.3. The molecule has 1 aromatic rings. The molecule has 3 N–H and O–H groups in total. The first-order valence-electron chi connectivity index (χ1n) is 6.38. The minimum absolute atomic E-state index is 0.0241. The Labute approximate surface area is 113 Å². The van der Waals surface area contributed by atoms with E-state index in [0.29, 0.717) is 13.1 Å². The molecule has 0 spiro atoms. The summed E-state index contributed by atoms with van der Waals surface area (Å²) in [5, 5.41) is 14.7. The van der Waals surface area contributed by atoms with Crippen LogP contribution >= 0.6 is 0 Å². The first-order chi connectivity index (χ1) is 9.04. The minimum atomic E-state index is -0.938. The van der Waals surface area contributed by atoms with Gasteiger partial charge in [0.05, 0.1) is 11.6 Å². The van der Waals surface area contributed by atoms with Gasteiger partial charge in [-0.05, 0) is 31.0 Å². The molecule has 1 aromatic carbocycles. The van der Waals surface area contributed by atoms with E-state index in [1.807, 2.05) is 6.92 Å². The van der Waals surface area contributed by atoms with Gasteiger partial charge in [0.25, 0.3) is 0 Å². The van der Waals surface area contributed by atoms with Gasteiger partial charge in [-0.1, -0.05) is 19.1 Å². The van der Waals surface area contributed by atoms with Gasteiger partial charge in [-0.2, -0.15) is 0 Å². The Morgan fingerprint density at radius 3 is 2.42 bits per heavy atom. The molecule has 5 heteroatoms. The maximum Gasteiger partial charge on any atom is 0.335 e. The van der Waals surface area contributed by atoms with Crippen molar-refractivity contribution >= 4 is 11.9 Å². The van der Waals surface area contributed by atoms with Crippen molar-refractivity contribution < 1.29 is 14.7 Å². The number of benzene rings is 1. The van der Waals surface area contributed by atoms with Crippen molar-refractivity contribution in [2.75, 3.05) is 6.54 Å². The molecule has 0 bridgehead atoms. The SMILES string of the molecule is CCCNC(=O)C(C)NCc1ccc(C(=O)O)cc1. The number of carboxylic acids is 1. The van der Waals surface area contributed by atoms with Gasteiger partial charge in [-0.3, -0.25) is 4.79 Å². The van der Waals surface area contributed by atoms with Gasteiger partial charge in [0.1, 0.15) is 0 Å². The highest BCUT2D eigenvalue weighted by Gasteiger charge is 2.11. The van der Waals surface area contributed by atoms with E-state index in [1.54, 1.807) is 31.2 Å². The number of hydrogen-bond donors (Lipinski definition) is 3. The summed E-state index contributed by atoms with van der Waals surface area (Å²) in [7, 11) is 0. The maximum atomic E-state index is 11.6. The summed E-state index contributed by atoms with van der Waals surface area (Å²) in [6.45, 7) is 5.01. The van der Waals surface area contributed by atoms with Crippen LogP contribution in [0.3, 0.4) is 0 Å². The molecule has 19 heavy (non-hydrogen) atoms. The van der Waals surface area contributed by atoms with E-state index in [1.165, 1.54) is 0 Å². The zero-order chi connectivity index (χ0) is 14.3. The quantitative estimate of drug-likeness (QED) is 0.695. The third-order valence-electron chi connectivity index (χ3n) is 2.76. The Bertz CT molecular complexity index is 429. The Balaban J connectivity index is 2.43. The summed E-state index contributed by atoms with van der Waals surface area (Å²) in [4.78, 5) is 22.3. The predicted molar refractivity (Wildman–Crippen MR) is 73.0 cm³/mol. The molecule has 0 aliphatic rings. The highest BCUT2D eigenvalue weighted by molar-refractivity contribution is 5.87. The fourth-order valence-corrected chi connectivity index (χ4v) is 1.53. The van der Waals surface area contributed by atoms with Crippen LogP contribution in [0.4, 0.5) is 0 Å². The molecule has 0 fully saturated rings. The van der Waals surface area contributed by atoms with Gasteiger partial charge in [0, 0.05) is 13.1 Å². The topological polar surface area (TPSA) is 78.4 Å². The third-order valence-corrected chi connectivity index (χ3v) is 2.76. The van der Waals surface area contributed by atoms with Gasteiger partial charge >= 0.3 is 5.97 Å². The lowest BCUT2D eigenvalue weighted by Gasteiger charge is -2.13. The number of nitrogens with one attached hydrogen (secondary N) is 2. The van der Waals surface area contributed by atoms with Gasteiger partial charge < -0.3 is 15.7 Å². The molecule has 0 aliphatic carbocycles. The largest absolute Gasteiger partial charge is 0.478 e. The van der Waals surface area contributed by atoms with Crippen LogP contribution in [0.15, 0.2) is 24.3 Å². The van der Waals surface area contributed by atoms with Crippen molar-refractivity contribution in [3.63, 3.8) is 0 Å². The lowest BCUT2D eigenvalue weighted by atomic mass is 10.1. The number of carboxylic acid groups (broad SMARTS) is 1. The Morgan fingerprint density at radius 2 is 1.89 bits per heavy atom. The number of rotatable bonds is 7. The standard InChI is InChI=1S/C14H20N2O3/c1-3-8-15-13(17)10(2)16-9-11-4-6-12(7-5-11)14(18)19/h4-7,10,16H,3,8-9H2,1-2H3,(H,15,17)(H,18,19). The molecule has 0 aliphatic heterocycles. The van der Waals surface area contributed by atoms with Crippen molar-refractivity contribution in [3.8, 4) is 0 Å². The second-order valence-corrected chi connectivity index (χ2v) is 4.40. The lowest BCUT2D eigenvalue weighted by molar-refractivity contribution is -0.122. The number of aromatic carboxylic acids is 1. The highest BCUT2D eigenvalue weighted by Crippen LogP contribution is 2.04. The van der Waals surface area contributed by atoms with Gasteiger partial charge in [-0.15, -0.1) is 0 Å². The fourth-order valence-electron chi connectivity index (χ4n) is 1.53. The molecule has 104 valence electrons. The average Bonchev–Trinajstić information content (AvgIpc) is 2.42. The van der Waals surface area contributed by atoms with Crippen LogP contribution in [0.5, 0.6) is 0 Å². The van der Waals surface area contributed by atoms with Crippen molar-refractivity contribution in [1.82, 2.24) is 10.6 Å². The van der Waals surface area contributed by atoms with E-state index in [4.69, 9.17) is 5.11 Å².